The summed E-state index contributed by atoms with van der Waals surface area (Å²) in [7, 11) is 0. The highest BCUT2D eigenvalue weighted by atomic mass is 15.0. The first-order valence-electron chi connectivity index (χ1n) is 12.3. The van der Waals surface area contributed by atoms with E-state index in [2.05, 4.69) is 60.0 Å². The zero-order chi connectivity index (χ0) is 23.2. The highest BCUT2D eigenvalue weighted by Gasteiger charge is 2.30. The number of anilines is 1. The summed E-state index contributed by atoms with van der Waals surface area (Å²) in [6.45, 7) is 11.4. The van der Waals surface area contributed by atoms with Gasteiger partial charge in [0.15, 0.2) is 5.82 Å². The molecule has 172 valence electrons. The van der Waals surface area contributed by atoms with Crippen molar-refractivity contribution in [2.75, 3.05) is 11.9 Å². The molecular weight excluding hydrogens is 406 g/mol. The van der Waals surface area contributed by atoms with E-state index in [0.29, 0.717) is 5.92 Å². The number of hydrogen-bond donors (Lipinski definition) is 1. The van der Waals surface area contributed by atoms with Crippen LogP contribution in [0.3, 0.4) is 0 Å². The highest BCUT2D eigenvalue weighted by molar-refractivity contribution is 5.65. The van der Waals surface area contributed by atoms with Crippen LogP contribution in [0.1, 0.15) is 80.6 Å². The lowest BCUT2D eigenvalue weighted by atomic mass is 10.0. The molecule has 0 bridgehead atoms. The average molecular weight is 442 g/mol. The molecule has 5 heteroatoms. The van der Waals surface area contributed by atoms with Crippen LogP contribution in [0.15, 0.2) is 43.4 Å². The van der Waals surface area contributed by atoms with Gasteiger partial charge < -0.3 is 5.32 Å². The average Bonchev–Trinajstić information content (AvgIpc) is 3.68. The Balaban J connectivity index is 1.64. The molecule has 0 amide bonds. The van der Waals surface area contributed by atoms with Crippen molar-refractivity contribution in [3.63, 3.8) is 0 Å². The van der Waals surface area contributed by atoms with Gasteiger partial charge in [0.2, 0.25) is 0 Å². The lowest BCUT2D eigenvalue weighted by molar-refractivity contribution is 0.825. The third kappa shape index (κ3) is 5.65. The molecular formula is C28H35N5. The Morgan fingerprint density at radius 3 is 2.48 bits per heavy atom. The van der Waals surface area contributed by atoms with E-state index in [4.69, 9.17) is 9.97 Å². The molecule has 1 aliphatic carbocycles. The van der Waals surface area contributed by atoms with Crippen LogP contribution in [0, 0.1) is 0 Å². The Hall–Kier alpha value is -3.08. The Labute approximate surface area is 197 Å². The monoisotopic (exact) mass is 441 g/mol. The van der Waals surface area contributed by atoms with Gasteiger partial charge in [0.05, 0.1) is 34.5 Å². The van der Waals surface area contributed by atoms with Gasteiger partial charge in [-0.3, -0.25) is 0 Å². The maximum atomic E-state index is 5.09. The van der Waals surface area contributed by atoms with E-state index in [-0.39, 0.29) is 0 Å². The zero-order valence-corrected chi connectivity index (χ0v) is 20.2. The summed E-state index contributed by atoms with van der Waals surface area (Å²) in [5.74, 6) is 1.29. The van der Waals surface area contributed by atoms with Crippen molar-refractivity contribution in [1.29, 1.82) is 0 Å². The molecule has 0 spiro atoms. The Morgan fingerprint density at radius 2 is 1.82 bits per heavy atom. The number of unbranched alkanes of at least 4 members (excludes halogenated alkanes) is 1. The van der Waals surface area contributed by atoms with Gasteiger partial charge in [0.25, 0.3) is 0 Å². The van der Waals surface area contributed by atoms with Crippen LogP contribution in [-0.2, 0) is 19.3 Å². The van der Waals surface area contributed by atoms with E-state index >= 15 is 0 Å². The predicted octanol–water partition coefficient (Wildman–Crippen LogP) is 6.40. The van der Waals surface area contributed by atoms with Gasteiger partial charge in [-0.2, -0.15) is 0 Å². The number of nitrogens with one attached hydrogen (secondary N) is 1. The summed E-state index contributed by atoms with van der Waals surface area (Å²) in [6.07, 6.45) is 11.0. The smallest absolute Gasteiger partial charge is 0.163 e. The first kappa shape index (κ1) is 23.1. The molecule has 0 saturated heterocycles. The fourth-order valence-corrected chi connectivity index (χ4v) is 4.11. The van der Waals surface area contributed by atoms with Crippen molar-refractivity contribution in [3.8, 4) is 11.4 Å². The first-order chi connectivity index (χ1) is 16.1. The Bertz CT molecular complexity index is 1100. The number of aromatic nitrogens is 4. The maximum Gasteiger partial charge on any atom is 0.163 e. The third-order valence-electron chi connectivity index (χ3n) is 6.29. The number of aryl methyl sites for hydroxylation is 3. The van der Waals surface area contributed by atoms with Crippen molar-refractivity contribution >= 4 is 11.3 Å². The van der Waals surface area contributed by atoms with E-state index in [9.17, 15) is 0 Å². The van der Waals surface area contributed by atoms with Crippen molar-refractivity contribution in [2.45, 2.75) is 71.6 Å². The molecule has 2 heterocycles. The van der Waals surface area contributed by atoms with E-state index in [1.807, 2.05) is 13.1 Å². The molecule has 1 N–H and O–H groups in total. The minimum atomic E-state index is 0.523. The van der Waals surface area contributed by atoms with Crippen molar-refractivity contribution in [3.05, 3.63) is 71.6 Å². The van der Waals surface area contributed by atoms with Gasteiger partial charge >= 0.3 is 0 Å². The van der Waals surface area contributed by atoms with Crippen LogP contribution in [0.5, 0.6) is 0 Å². The second-order valence-electron chi connectivity index (χ2n) is 9.02. The van der Waals surface area contributed by atoms with Crippen LogP contribution in [0.2, 0.25) is 0 Å². The van der Waals surface area contributed by atoms with Gasteiger partial charge in [-0.15, -0.1) is 0 Å². The standard InChI is InChI=1S/C28H35N5/c1-5-7-16-29-25-17-30-28(26-23(6-2)31-18-32-27(26)22-13-14-22)33-24(25)15-10-20-8-11-21(12-9-20)19(3)4/h8-9,11-12,17-18,22,29H,3,5-7,10,13-16H2,1-2,4H3. The maximum absolute atomic E-state index is 5.09. The van der Waals surface area contributed by atoms with Crippen molar-refractivity contribution in [1.82, 2.24) is 19.9 Å². The van der Waals surface area contributed by atoms with Crippen LogP contribution in [0.25, 0.3) is 17.0 Å². The molecule has 5 nitrogen and oxygen atoms in total. The fraction of sp³-hybridized carbons (Fsp3) is 0.429. The summed E-state index contributed by atoms with van der Waals surface area (Å²) in [5, 5.41) is 3.56. The largest absolute Gasteiger partial charge is 0.382 e. The van der Waals surface area contributed by atoms with Crippen LogP contribution in [0.4, 0.5) is 5.69 Å². The number of allylic oxidation sites excluding steroid dienone is 1. The molecule has 0 unspecified atom stereocenters. The van der Waals surface area contributed by atoms with E-state index < -0.39 is 0 Å². The second kappa shape index (κ2) is 10.7. The summed E-state index contributed by atoms with van der Waals surface area (Å²) in [5.41, 5.74) is 8.89. The van der Waals surface area contributed by atoms with Gasteiger partial charge in [-0.05, 0) is 56.6 Å². The molecule has 2 aromatic heterocycles. The van der Waals surface area contributed by atoms with Crippen molar-refractivity contribution < 1.29 is 0 Å². The molecule has 1 fully saturated rings. The molecule has 1 aromatic carbocycles. The van der Waals surface area contributed by atoms with Crippen LogP contribution in [-0.4, -0.2) is 26.5 Å². The molecule has 4 rings (SSSR count). The quantitative estimate of drug-likeness (QED) is 0.349. The Morgan fingerprint density at radius 1 is 1.03 bits per heavy atom. The van der Waals surface area contributed by atoms with Gasteiger partial charge in [-0.25, -0.2) is 19.9 Å². The summed E-state index contributed by atoms with van der Waals surface area (Å²) in [6, 6.07) is 8.70. The van der Waals surface area contributed by atoms with Gasteiger partial charge in [0, 0.05) is 12.5 Å². The van der Waals surface area contributed by atoms with Gasteiger partial charge in [-0.1, -0.05) is 56.7 Å². The van der Waals surface area contributed by atoms with Crippen molar-refractivity contribution in [2.24, 2.45) is 0 Å². The molecule has 0 aliphatic heterocycles. The lowest BCUT2D eigenvalue weighted by Gasteiger charge is -2.15. The minimum Gasteiger partial charge on any atom is -0.382 e. The minimum absolute atomic E-state index is 0.523. The number of nitrogens with zero attached hydrogens (tertiary/aromatic N) is 4. The molecule has 0 radical (unpaired) electrons. The summed E-state index contributed by atoms with van der Waals surface area (Å²) in [4.78, 5) is 19.1. The van der Waals surface area contributed by atoms with E-state index in [1.54, 1.807) is 6.33 Å². The SMILES string of the molecule is C=C(C)c1ccc(CCc2nc(-c3c(CC)ncnc3C3CC3)ncc2NCCCC)cc1. The molecule has 1 aliphatic rings. The third-order valence-corrected chi connectivity index (χ3v) is 6.29. The topological polar surface area (TPSA) is 63.6 Å². The number of rotatable bonds is 11. The molecule has 33 heavy (non-hydrogen) atoms. The normalized spacial score (nSPS) is 13.2. The molecule has 1 saturated carbocycles. The number of hydrogen-bond acceptors (Lipinski definition) is 5. The second-order valence-corrected chi connectivity index (χ2v) is 9.02. The fourth-order valence-electron chi connectivity index (χ4n) is 4.11. The van der Waals surface area contributed by atoms with Crippen LogP contribution >= 0.6 is 0 Å². The molecule has 3 aromatic rings. The lowest BCUT2D eigenvalue weighted by Crippen LogP contribution is -2.10. The number of benzene rings is 1. The van der Waals surface area contributed by atoms with E-state index in [1.165, 1.54) is 24.0 Å². The summed E-state index contributed by atoms with van der Waals surface area (Å²) < 4.78 is 0. The van der Waals surface area contributed by atoms with E-state index in [0.717, 1.165) is 78.4 Å². The Kier molecular flexibility index (Phi) is 7.48. The summed E-state index contributed by atoms with van der Waals surface area (Å²) >= 11 is 0. The highest BCUT2D eigenvalue weighted by Crippen LogP contribution is 2.43. The van der Waals surface area contributed by atoms with Crippen LogP contribution < -0.4 is 5.32 Å². The zero-order valence-electron chi connectivity index (χ0n) is 20.2. The first-order valence-corrected chi connectivity index (χ1v) is 12.3. The van der Waals surface area contributed by atoms with Gasteiger partial charge in [0.1, 0.15) is 6.33 Å². The predicted molar refractivity (Wildman–Crippen MR) is 136 cm³/mol. The molecule has 0 atom stereocenters.